The van der Waals surface area contributed by atoms with E-state index >= 15 is 0 Å². The summed E-state index contributed by atoms with van der Waals surface area (Å²) < 4.78 is 6.11. The normalized spacial score (nSPS) is 13.9. The molecule has 7 heteroatoms. The lowest BCUT2D eigenvalue weighted by Crippen LogP contribution is -2.23. The quantitative estimate of drug-likeness (QED) is 0.797. The molecule has 2 amide bonds. The molecule has 1 aromatic carbocycles. The van der Waals surface area contributed by atoms with E-state index in [-0.39, 0.29) is 18.4 Å². The van der Waals surface area contributed by atoms with Gasteiger partial charge in [-0.2, -0.15) is 0 Å². The van der Waals surface area contributed by atoms with Gasteiger partial charge in [0.15, 0.2) is 6.61 Å². The van der Waals surface area contributed by atoms with Crippen molar-refractivity contribution in [1.29, 1.82) is 0 Å². The number of anilines is 2. The maximum absolute atomic E-state index is 11.9. The molecule has 2 aromatic rings. The average Bonchev–Trinajstić information content (AvgIpc) is 2.99. The number of rotatable bonds is 5. The van der Waals surface area contributed by atoms with Crippen LogP contribution in [0.4, 0.5) is 11.5 Å². The molecule has 1 aliphatic rings. The molecule has 124 valence electrons. The van der Waals surface area contributed by atoms with Crippen molar-refractivity contribution in [3.8, 4) is 5.75 Å². The first-order chi connectivity index (χ1) is 11.6. The van der Waals surface area contributed by atoms with Gasteiger partial charge in [0, 0.05) is 18.7 Å². The second-order valence-corrected chi connectivity index (χ2v) is 6.14. The molecule has 1 aliphatic heterocycles. The highest BCUT2D eigenvalue weighted by molar-refractivity contribution is 9.10. The Kier molecular flexibility index (Phi) is 5.10. The minimum absolute atomic E-state index is 0.115. The highest BCUT2D eigenvalue weighted by Crippen LogP contribution is 2.23. The third kappa shape index (κ3) is 4.11. The summed E-state index contributed by atoms with van der Waals surface area (Å²) in [5.41, 5.74) is 0.854. The summed E-state index contributed by atoms with van der Waals surface area (Å²) in [5, 5.41) is 2.66. The van der Waals surface area contributed by atoms with Crippen molar-refractivity contribution >= 4 is 39.2 Å². The Balaban J connectivity index is 1.53. The van der Waals surface area contributed by atoms with Crippen molar-refractivity contribution in [2.24, 2.45) is 0 Å². The van der Waals surface area contributed by atoms with Crippen LogP contribution in [0.3, 0.4) is 0 Å². The summed E-state index contributed by atoms with van der Waals surface area (Å²) in [7, 11) is 0. The summed E-state index contributed by atoms with van der Waals surface area (Å²) in [5.74, 6) is 0.882. The molecule has 1 fully saturated rings. The van der Waals surface area contributed by atoms with Crippen LogP contribution >= 0.6 is 15.9 Å². The fourth-order valence-electron chi connectivity index (χ4n) is 2.45. The minimum atomic E-state index is -0.292. The van der Waals surface area contributed by atoms with Gasteiger partial charge >= 0.3 is 0 Å². The van der Waals surface area contributed by atoms with Crippen molar-refractivity contribution in [2.45, 2.75) is 12.8 Å². The second kappa shape index (κ2) is 7.44. The maximum Gasteiger partial charge on any atom is 0.263 e. The average molecular weight is 390 g/mol. The van der Waals surface area contributed by atoms with Gasteiger partial charge in [-0.05, 0) is 58.7 Å². The number of ether oxygens (including phenoxy) is 1. The van der Waals surface area contributed by atoms with E-state index in [0.29, 0.717) is 22.6 Å². The van der Waals surface area contributed by atoms with E-state index in [1.807, 2.05) is 12.1 Å². The van der Waals surface area contributed by atoms with E-state index in [1.165, 1.54) is 0 Å². The monoisotopic (exact) mass is 389 g/mol. The minimum Gasteiger partial charge on any atom is -0.484 e. The van der Waals surface area contributed by atoms with Gasteiger partial charge in [-0.15, -0.1) is 0 Å². The lowest BCUT2D eigenvalue weighted by atomic mass is 10.3. The molecule has 0 atom stereocenters. The predicted octanol–water partition coefficient (Wildman–Crippen LogP) is 2.99. The molecule has 0 radical (unpaired) electrons. The number of benzene rings is 1. The van der Waals surface area contributed by atoms with Gasteiger partial charge in [0.1, 0.15) is 16.2 Å². The van der Waals surface area contributed by atoms with E-state index in [0.717, 1.165) is 18.7 Å². The van der Waals surface area contributed by atoms with E-state index < -0.39 is 0 Å². The number of halogens is 1. The predicted molar refractivity (Wildman–Crippen MR) is 94.1 cm³/mol. The van der Waals surface area contributed by atoms with Gasteiger partial charge in [-0.3, -0.25) is 9.59 Å². The molecule has 0 bridgehead atoms. The zero-order chi connectivity index (χ0) is 16.9. The van der Waals surface area contributed by atoms with Gasteiger partial charge in [-0.25, -0.2) is 4.98 Å². The Morgan fingerprint density at radius 2 is 2.04 bits per heavy atom. The third-order valence-electron chi connectivity index (χ3n) is 3.57. The van der Waals surface area contributed by atoms with Crippen LogP contribution in [0, 0.1) is 0 Å². The molecule has 1 saturated heterocycles. The van der Waals surface area contributed by atoms with Gasteiger partial charge in [0.25, 0.3) is 5.91 Å². The molecule has 1 N–H and O–H groups in total. The molecule has 1 aromatic heterocycles. The number of carbonyl (C=O) groups excluding carboxylic acids is 2. The van der Waals surface area contributed by atoms with Gasteiger partial charge < -0.3 is 15.0 Å². The van der Waals surface area contributed by atoms with Crippen molar-refractivity contribution < 1.29 is 14.3 Å². The van der Waals surface area contributed by atoms with Crippen LogP contribution in [0.15, 0.2) is 47.1 Å². The van der Waals surface area contributed by atoms with E-state index in [1.54, 1.807) is 35.2 Å². The lowest BCUT2D eigenvalue weighted by molar-refractivity contribution is -0.118. The van der Waals surface area contributed by atoms with Crippen molar-refractivity contribution in [3.63, 3.8) is 0 Å². The molecular weight excluding hydrogens is 374 g/mol. The number of hydrogen-bond donors (Lipinski definition) is 1. The van der Waals surface area contributed by atoms with Gasteiger partial charge in [-0.1, -0.05) is 6.07 Å². The number of aromatic nitrogens is 1. The summed E-state index contributed by atoms with van der Waals surface area (Å²) in [6.07, 6.45) is 1.49. The smallest absolute Gasteiger partial charge is 0.263 e. The van der Waals surface area contributed by atoms with Gasteiger partial charge in [0.05, 0.1) is 0 Å². The molecule has 6 nitrogen and oxygen atoms in total. The van der Waals surface area contributed by atoms with Crippen molar-refractivity contribution in [2.75, 3.05) is 23.4 Å². The van der Waals surface area contributed by atoms with Gasteiger partial charge in [0.2, 0.25) is 5.91 Å². The summed E-state index contributed by atoms with van der Waals surface area (Å²) >= 11 is 3.24. The maximum atomic E-state index is 11.9. The fourth-order valence-corrected chi connectivity index (χ4v) is 2.79. The number of pyridine rings is 1. The summed E-state index contributed by atoms with van der Waals surface area (Å²) in [6, 6.07) is 12.4. The number of nitrogens with zero attached hydrogens (tertiary/aromatic N) is 2. The van der Waals surface area contributed by atoms with Crippen LogP contribution in [0.1, 0.15) is 12.8 Å². The van der Waals surface area contributed by atoms with Crippen LogP contribution < -0.4 is 15.0 Å². The first-order valence-electron chi connectivity index (χ1n) is 7.57. The number of carbonyl (C=O) groups is 2. The standard InChI is InChI=1S/C17H16BrN3O3/c18-14-3-1-4-15(19-14)20-16(22)11-24-13-8-6-12(7-9-13)21-10-2-5-17(21)23/h1,3-4,6-9H,2,5,10-11H2,(H,19,20,22). The number of hydrogen-bond acceptors (Lipinski definition) is 4. The Labute approximate surface area is 148 Å². The van der Waals surface area contributed by atoms with Crippen LogP contribution in [0.25, 0.3) is 0 Å². The Morgan fingerprint density at radius 3 is 2.71 bits per heavy atom. The first-order valence-corrected chi connectivity index (χ1v) is 8.37. The number of nitrogens with one attached hydrogen (secondary N) is 1. The van der Waals surface area contributed by atoms with Crippen LogP contribution in [-0.2, 0) is 9.59 Å². The molecule has 0 saturated carbocycles. The van der Waals surface area contributed by atoms with E-state index in [9.17, 15) is 9.59 Å². The largest absolute Gasteiger partial charge is 0.484 e. The Morgan fingerprint density at radius 1 is 1.25 bits per heavy atom. The molecule has 2 heterocycles. The first kappa shape index (κ1) is 16.4. The van der Waals surface area contributed by atoms with Crippen LogP contribution in [0.5, 0.6) is 5.75 Å². The Bertz CT molecular complexity index is 749. The third-order valence-corrected chi connectivity index (χ3v) is 4.02. The summed E-state index contributed by atoms with van der Waals surface area (Å²) in [4.78, 5) is 29.5. The molecule has 24 heavy (non-hydrogen) atoms. The lowest BCUT2D eigenvalue weighted by Gasteiger charge is -2.16. The zero-order valence-corrected chi connectivity index (χ0v) is 14.5. The van der Waals surface area contributed by atoms with Crippen molar-refractivity contribution in [1.82, 2.24) is 4.98 Å². The topological polar surface area (TPSA) is 71.5 Å². The molecular formula is C17H16BrN3O3. The van der Waals surface area contributed by atoms with E-state index in [2.05, 4.69) is 26.2 Å². The molecule has 0 spiro atoms. The van der Waals surface area contributed by atoms with E-state index in [4.69, 9.17) is 4.74 Å². The molecule has 3 rings (SSSR count). The molecule has 0 unspecified atom stereocenters. The number of amides is 2. The highest BCUT2D eigenvalue weighted by atomic mass is 79.9. The zero-order valence-electron chi connectivity index (χ0n) is 12.9. The molecule has 0 aliphatic carbocycles. The second-order valence-electron chi connectivity index (χ2n) is 5.33. The Hall–Kier alpha value is -2.41. The SMILES string of the molecule is O=C(COc1ccc(N2CCCC2=O)cc1)Nc1cccc(Br)n1. The fraction of sp³-hybridized carbons (Fsp3) is 0.235. The van der Waals surface area contributed by atoms with Crippen LogP contribution in [-0.4, -0.2) is 29.9 Å². The summed E-state index contributed by atoms with van der Waals surface area (Å²) in [6.45, 7) is 0.636. The van der Waals surface area contributed by atoms with Crippen molar-refractivity contribution in [3.05, 3.63) is 47.1 Å². The highest BCUT2D eigenvalue weighted by Gasteiger charge is 2.21. The van der Waals surface area contributed by atoms with Crippen LogP contribution in [0.2, 0.25) is 0 Å².